The number of anilines is 1. The normalized spacial score (nSPS) is 24.3. The van der Waals surface area contributed by atoms with Crippen LogP contribution >= 0.6 is 0 Å². The van der Waals surface area contributed by atoms with E-state index in [1.165, 1.54) is 0 Å². The van der Waals surface area contributed by atoms with E-state index < -0.39 is 10.0 Å². The van der Waals surface area contributed by atoms with Crippen LogP contribution in [-0.4, -0.2) is 37.8 Å². The minimum absolute atomic E-state index is 0.117. The summed E-state index contributed by atoms with van der Waals surface area (Å²) in [4.78, 5) is 14.3. The first-order valence-electron chi connectivity index (χ1n) is 9.00. The zero-order valence-corrected chi connectivity index (χ0v) is 14.9. The topological polar surface area (TPSA) is 57.7 Å². The van der Waals surface area contributed by atoms with E-state index >= 15 is 0 Å². The summed E-state index contributed by atoms with van der Waals surface area (Å²) in [6.07, 6.45) is 5.76. The number of piperidine rings is 1. The molecule has 0 aliphatic carbocycles. The number of rotatable bonds is 3. The van der Waals surface area contributed by atoms with Gasteiger partial charge in [-0.05, 0) is 55.4 Å². The lowest BCUT2D eigenvalue weighted by atomic mass is 10.00. The first-order valence-corrected chi connectivity index (χ1v) is 10.4. The zero-order valence-electron chi connectivity index (χ0n) is 14.1. The minimum atomic E-state index is -3.45. The maximum Gasteiger partial charge on any atom is 0.243 e. The molecule has 3 aliphatic heterocycles. The standard InChI is InChI=1S/C18H24N2O3S/c1-2-15-5-3-4-9-20(15)24(22,23)16-11-13-6-7-17(21)19-10-8-14(12-16)18(13)19/h11-12,15H,2-10H2,1H3/t15-/m1/s1. The van der Waals surface area contributed by atoms with Gasteiger partial charge in [-0.15, -0.1) is 0 Å². The smallest absolute Gasteiger partial charge is 0.243 e. The first-order chi connectivity index (χ1) is 11.5. The maximum absolute atomic E-state index is 13.2. The molecule has 4 rings (SSSR count). The van der Waals surface area contributed by atoms with Gasteiger partial charge in [-0.1, -0.05) is 13.3 Å². The minimum Gasteiger partial charge on any atom is -0.312 e. The Balaban J connectivity index is 1.76. The molecule has 0 unspecified atom stereocenters. The molecular formula is C18H24N2O3S. The van der Waals surface area contributed by atoms with Gasteiger partial charge in [0.15, 0.2) is 0 Å². The van der Waals surface area contributed by atoms with Crippen LogP contribution in [0.3, 0.4) is 0 Å². The van der Waals surface area contributed by atoms with Crippen molar-refractivity contribution in [3.05, 3.63) is 23.3 Å². The number of carbonyl (C=O) groups is 1. The number of benzene rings is 1. The largest absolute Gasteiger partial charge is 0.312 e. The second-order valence-corrected chi connectivity index (χ2v) is 8.95. The molecule has 5 nitrogen and oxygen atoms in total. The van der Waals surface area contributed by atoms with E-state index in [1.807, 2.05) is 17.0 Å². The molecule has 1 aromatic carbocycles. The van der Waals surface area contributed by atoms with Crippen molar-refractivity contribution in [1.29, 1.82) is 0 Å². The number of aryl methyl sites for hydroxylation is 1. The van der Waals surface area contributed by atoms with Crippen LogP contribution in [0.4, 0.5) is 5.69 Å². The van der Waals surface area contributed by atoms with Gasteiger partial charge in [0.25, 0.3) is 0 Å². The molecule has 0 aromatic heterocycles. The Hall–Kier alpha value is -1.40. The van der Waals surface area contributed by atoms with Gasteiger partial charge in [-0.2, -0.15) is 4.31 Å². The Labute approximate surface area is 143 Å². The van der Waals surface area contributed by atoms with Gasteiger partial charge < -0.3 is 4.90 Å². The highest BCUT2D eigenvalue weighted by Gasteiger charge is 2.36. The third-order valence-electron chi connectivity index (χ3n) is 5.68. The van der Waals surface area contributed by atoms with Crippen LogP contribution in [0.15, 0.2) is 17.0 Å². The van der Waals surface area contributed by atoms with Crippen molar-refractivity contribution < 1.29 is 13.2 Å². The molecule has 24 heavy (non-hydrogen) atoms. The highest BCUT2D eigenvalue weighted by Crippen LogP contribution is 2.39. The summed E-state index contributed by atoms with van der Waals surface area (Å²) in [6.45, 7) is 3.37. The number of hydrogen-bond donors (Lipinski definition) is 0. The fraction of sp³-hybridized carbons (Fsp3) is 0.611. The molecule has 0 spiro atoms. The molecule has 0 radical (unpaired) electrons. The third kappa shape index (κ3) is 2.39. The van der Waals surface area contributed by atoms with E-state index in [2.05, 4.69) is 6.92 Å². The highest BCUT2D eigenvalue weighted by atomic mass is 32.2. The lowest BCUT2D eigenvalue weighted by Crippen LogP contribution is -2.43. The summed E-state index contributed by atoms with van der Waals surface area (Å²) in [5, 5.41) is 0. The molecule has 1 amide bonds. The van der Waals surface area contributed by atoms with E-state index in [9.17, 15) is 13.2 Å². The van der Waals surface area contributed by atoms with Crippen LogP contribution in [0.2, 0.25) is 0 Å². The third-order valence-corrected chi connectivity index (χ3v) is 7.61. The molecule has 1 saturated heterocycles. The summed E-state index contributed by atoms with van der Waals surface area (Å²) in [5.74, 6) is 0.166. The number of hydrogen-bond acceptors (Lipinski definition) is 3. The van der Waals surface area contributed by atoms with E-state index in [-0.39, 0.29) is 11.9 Å². The van der Waals surface area contributed by atoms with Crippen LogP contribution in [0.1, 0.15) is 50.2 Å². The molecule has 6 heteroatoms. The van der Waals surface area contributed by atoms with E-state index in [1.54, 1.807) is 4.31 Å². The van der Waals surface area contributed by atoms with Gasteiger partial charge in [-0.25, -0.2) is 8.42 Å². The fourth-order valence-electron chi connectivity index (χ4n) is 4.41. The van der Waals surface area contributed by atoms with Crippen LogP contribution < -0.4 is 4.90 Å². The van der Waals surface area contributed by atoms with Crippen LogP contribution in [0.5, 0.6) is 0 Å². The summed E-state index contributed by atoms with van der Waals surface area (Å²) >= 11 is 0. The van der Waals surface area contributed by atoms with Crippen molar-refractivity contribution in [1.82, 2.24) is 4.31 Å². The second-order valence-electron chi connectivity index (χ2n) is 7.06. The molecule has 3 heterocycles. The Morgan fingerprint density at radius 1 is 1.08 bits per heavy atom. The molecular weight excluding hydrogens is 324 g/mol. The summed E-state index contributed by atoms with van der Waals surface area (Å²) < 4.78 is 28.2. The molecule has 1 aromatic rings. The van der Waals surface area contributed by atoms with E-state index in [4.69, 9.17) is 0 Å². The van der Waals surface area contributed by atoms with E-state index in [0.717, 1.165) is 48.9 Å². The molecule has 3 aliphatic rings. The molecule has 0 saturated carbocycles. The van der Waals surface area contributed by atoms with Crippen molar-refractivity contribution in [3.63, 3.8) is 0 Å². The average Bonchev–Trinajstić information content (AvgIpc) is 3.03. The van der Waals surface area contributed by atoms with Gasteiger partial charge >= 0.3 is 0 Å². The molecule has 1 atom stereocenters. The Morgan fingerprint density at radius 3 is 2.58 bits per heavy atom. The lowest BCUT2D eigenvalue weighted by Gasteiger charge is -2.34. The second kappa shape index (κ2) is 5.85. The number of amides is 1. The van der Waals surface area contributed by atoms with Gasteiger partial charge in [0.05, 0.1) is 10.6 Å². The van der Waals surface area contributed by atoms with Crippen LogP contribution in [-0.2, 0) is 27.7 Å². The van der Waals surface area contributed by atoms with Gasteiger partial charge in [0.2, 0.25) is 15.9 Å². The van der Waals surface area contributed by atoms with Gasteiger partial charge in [-0.3, -0.25) is 4.79 Å². The Kier molecular flexibility index (Phi) is 3.92. The monoisotopic (exact) mass is 348 g/mol. The Morgan fingerprint density at radius 2 is 1.83 bits per heavy atom. The van der Waals surface area contributed by atoms with Gasteiger partial charge in [0, 0.05) is 25.6 Å². The lowest BCUT2D eigenvalue weighted by molar-refractivity contribution is -0.118. The summed E-state index contributed by atoms with van der Waals surface area (Å²) in [7, 11) is -3.45. The number of carbonyl (C=O) groups excluding carboxylic acids is 1. The van der Waals surface area contributed by atoms with Crippen LogP contribution in [0, 0.1) is 0 Å². The van der Waals surface area contributed by atoms with Crippen LogP contribution in [0.25, 0.3) is 0 Å². The number of sulfonamides is 1. The molecule has 130 valence electrons. The van der Waals surface area contributed by atoms with Gasteiger partial charge in [0.1, 0.15) is 0 Å². The number of nitrogens with zero attached hydrogens (tertiary/aromatic N) is 2. The molecule has 0 N–H and O–H groups in total. The summed E-state index contributed by atoms with van der Waals surface area (Å²) in [6, 6.07) is 3.75. The predicted octanol–water partition coefficient (Wildman–Crippen LogP) is 2.48. The van der Waals surface area contributed by atoms with Crippen molar-refractivity contribution in [3.8, 4) is 0 Å². The van der Waals surface area contributed by atoms with Crippen molar-refractivity contribution in [2.45, 2.75) is 62.8 Å². The first kappa shape index (κ1) is 16.1. The Bertz CT molecular complexity index is 788. The maximum atomic E-state index is 13.2. The SMILES string of the molecule is CC[C@@H]1CCCCN1S(=O)(=O)c1cc2c3c(c1)CCN3C(=O)CC2. The van der Waals surface area contributed by atoms with E-state index in [0.29, 0.717) is 30.8 Å². The quantitative estimate of drug-likeness (QED) is 0.843. The molecule has 0 bridgehead atoms. The highest BCUT2D eigenvalue weighted by molar-refractivity contribution is 7.89. The van der Waals surface area contributed by atoms with Crippen molar-refractivity contribution in [2.75, 3.05) is 18.0 Å². The fourth-order valence-corrected chi connectivity index (χ4v) is 6.28. The van der Waals surface area contributed by atoms with Crippen molar-refractivity contribution >= 4 is 21.6 Å². The average molecular weight is 348 g/mol. The predicted molar refractivity (Wildman–Crippen MR) is 92.6 cm³/mol. The van der Waals surface area contributed by atoms with Crippen molar-refractivity contribution in [2.24, 2.45) is 0 Å². The summed E-state index contributed by atoms with van der Waals surface area (Å²) in [5.41, 5.74) is 3.02. The molecule has 1 fully saturated rings. The zero-order chi connectivity index (χ0) is 16.9.